The Morgan fingerprint density at radius 2 is 1.57 bits per heavy atom. The summed E-state index contributed by atoms with van der Waals surface area (Å²) in [6, 6.07) is 28.8. The van der Waals surface area contributed by atoms with Crippen molar-refractivity contribution in [3.05, 3.63) is 130 Å². The van der Waals surface area contributed by atoms with E-state index in [-0.39, 0.29) is 21.3 Å². The van der Waals surface area contributed by atoms with Gasteiger partial charge in [-0.1, -0.05) is 72.3 Å². The van der Waals surface area contributed by atoms with Gasteiger partial charge in [0, 0.05) is 29.5 Å². The third-order valence-electron chi connectivity index (χ3n) is 5.78. The molecule has 0 amide bonds. The second kappa shape index (κ2) is 11.4. The second-order valence-electron chi connectivity index (χ2n) is 8.47. The van der Waals surface area contributed by atoms with Gasteiger partial charge in [0.1, 0.15) is 10.6 Å². The van der Waals surface area contributed by atoms with Crippen molar-refractivity contribution in [1.82, 2.24) is 9.78 Å². The number of aromatic nitrogens is 2. The molecule has 0 fully saturated rings. The number of hydrazone groups is 1. The molecule has 1 heterocycles. The number of nitro groups is 1. The number of rotatable bonds is 9. The molecule has 0 saturated heterocycles. The summed E-state index contributed by atoms with van der Waals surface area (Å²) in [6.07, 6.45) is 3.31. The number of sulfonamides is 1. The van der Waals surface area contributed by atoms with Crippen LogP contribution in [0.5, 0.6) is 0 Å². The molecule has 0 spiro atoms. The summed E-state index contributed by atoms with van der Waals surface area (Å²) in [4.78, 5) is 10.4. The monoisotopic (exact) mass is 572 g/mol. The molecule has 0 aliphatic rings. The molecule has 0 aliphatic carbocycles. The Morgan fingerprint density at radius 1 is 0.900 bits per heavy atom. The Hall–Kier alpha value is -5.00. The van der Waals surface area contributed by atoms with Crippen molar-refractivity contribution in [3.8, 4) is 16.9 Å². The summed E-state index contributed by atoms with van der Waals surface area (Å²) in [5.74, 6) is 0. The molecule has 0 unspecified atom stereocenters. The van der Waals surface area contributed by atoms with E-state index in [0.717, 1.165) is 17.3 Å². The van der Waals surface area contributed by atoms with Gasteiger partial charge in [0.2, 0.25) is 0 Å². The van der Waals surface area contributed by atoms with Crippen LogP contribution in [-0.4, -0.2) is 29.3 Å². The maximum Gasteiger partial charge on any atom is 0.270 e. The molecular formula is C28H21ClN6O4S. The lowest BCUT2D eigenvalue weighted by molar-refractivity contribution is -0.385. The van der Waals surface area contributed by atoms with Crippen molar-refractivity contribution in [2.24, 2.45) is 5.10 Å². The lowest BCUT2D eigenvalue weighted by atomic mass is 10.1. The molecule has 1 aromatic heterocycles. The van der Waals surface area contributed by atoms with E-state index < -0.39 is 20.6 Å². The Morgan fingerprint density at radius 3 is 2.27 bits per heavy atom. The van der Waals surface area contributed by atoms with E-state index in [1.54, 1.807) is 23.0 Å². The van der Waals surface area contributed by atoms with Crippen LogP contribution in [0.2, 0.25) is 5.02 Å². The van der Waals surface area contributed by atoms with Gasteiger partial charge in [-0.05, 0) is 30.3 Å². The molecule has 5 aromatic rings. The molecule has 4 aromatic carbocycles. The Balaban J connectivity index is 1.50. The van der Waals surface area contributed by atoms with Crippen LogP contribution in [-0.2, 0) is 10.0 Å². The summed E-state index contributed by atoms with van der Waals surface area (Å²) in [5.41, 5.74) is 5.50. The molecular weight excluding hydrogens is 552 g/mol. The lowest BCUT2D eigenvalue weighted by Gasteiger charge is -2.12. The number of benzene rings is 4. The number of nitro benzene ring substituents is 1. The minimum Gasteiger partial charge on any atom is -0.278 e. The first-order valence-corrected chi connectivity index (χ1v) is 13.7. The average Bonchev–Trinajstić information content (AvgIpc) is 3.39. The second-order valence-corrected chi connectivity index (χ2v) is 10.5. The summed E-state index contributed by atoms with van der Waals surface area (Å²) >= 11 is 6.12. The first kappa shape index (κ1) is 26.6. The maximum atomic E-state index is 13.3. The van der Waals surface area contributed by atoms with E-state index in [1.807, 2.05) is 60.7 Å². The third kappa shape index (κ3) is 5.85. The van der Waals surface area contributed by atoms with Gasteiger partial charge in [0.15, 0.2) is 0 Å². The van der Waals surface area contributed by atoms with Crippen LogP contribution >= 0.6 is 11.6 Å². The highest BCUT2D eigenvalue weighted by atomic mass is 35.5. The number of hydrogen-bond donors (Lipinski definition) is 2. The number of halogens is 1. The van der Waals surface area contributed by atoms with Crippen LogP contribution in [0.25, 0.3) is 16.9 Å². The molecule has 5 rings (SSSR count). The predicted octanol–water partition coefficient (Wildman–Crippen LogP) is 6.35. The van der Waals surface area contributed by atoms with Gasteiger partial charge < -0.3 is 0 Å². The van der Waals surface area contributed by atoms with E-state index >= 15 is 0 Å². The zero-order valence-electron chi connectivity index (χ0n) is 20.7. The Kier molecular flexibility index (Phi) is 7.58. The number of hydrogen-bond acceptors (Lipinski definition) is 7. The minimum atomic E-state index is -4.29. The SMILES string of the molecule is O=[N+]([O-])c1ccc(N/N=C/c2cn(-c3ccccc3)nc2-c2ccccc2)c(S(=O)(=O)Nc2ccccc2Cl)c1. The molecule has 0 bridgehead atoms. The van der Waals surface area contributed by atoms with Gasteiger partial charge in [-0.25, -0.2) is 13.1 Å². The average molecular weight is 573 g/mol. The fourth-order valence-corrected chi connectivity index (χ4v) is 5.37. The molecule has 10 nitrogen and oxygen atoms in total. The van der Waals surface area contributed by atoms with Crippen molar-refractivity contribution in [2.75, 3.05) is 10.1 Å². The van der Waals surface area contributed by atoms with Crippen LogP contribution in [0.1, 0.15) is 5.56 Å². The fourth-order valence-electron chi connectivity index (χ4n) is 3.87. The fraction of sp³-hybridized carbons (Fsp3) is 0. The topological polar surface area (TPSA) is 132 Å². The molecule has 0 radical (unpaired) electrons. The van der Waals surface area contributed by atoms with Crippen molar-refractivity contribution >= 4 is 44.9 Å². The minimum absolute atomic E-state index is 0.0260. The van der Waals surface area contributed by atoms with E-state index in [4.69, 9.17) is 16.7 Å². The number of non-ortho nitro benzene ring substituents is 1. The van der Waals surface area contributed by atoms with Gasteiger partial charge >= 0.3 is 0 Å². The van der Waals surface area contributed by atoms with Crippen molar-refractivity contribution in [3.63, 3.8) is 0 Å². The highest BCUT2D eigenvalue weighted by molar-refractivity contribution is 7.93. The van der Waals surface area contributed by atoms with Crippen molar-refractivity contribution in [1.29, 1.82) is 0 Å². The smallest absolute Gasteiger partial charge is 0.270 e. The van der Waals surface area contributed by atoms with Crippen LogP contribution < -0.4 is 10.1 Å². The van der Waals surface area contributed by atoms with Crippen LogP contribution in [0, 0.1) is 10.1 Å². The van der Waals surface area contributed by atoms with Gasteiger partial charge in [-0.15, -0.1) is 0 Å². The number of nitrogens with zero attached hydrogens (tertiary/aromatic N) is 4. The number of nitrogens with one attached hydrogen (secondary N) is 2. The van der Waals surface area contributed by atoms with E-state index in [0.29, 0.717) is 11.3 Å². The highest BCUT2D eigenvalue weighted by Crippen LogP contribution is 2.30. The van der Waals surface area contributed by atoms with E-state index in [1.165, 1.54) is 30.5 Å². The lowest BCUT2D eigenvalue weighted by Crippen LogP contribution is -2.15. The normalized spacial score (nSPS) is 11.4. The number of anilines is 2. The van der Waals surface area contributed by atoms with Gasteiger partial charge in [-0.2, -0.15) is 10.2 Å². The predicted molar refractivity (Wildman–Crippen MR) is 156 cm³/mol. The van der Waals surface area contributed by atoms with Crippen LogP contribution in [0.3, 0.4) is 0 Å². The molecule has 12 heteroatoms. The standard InChI is InChI=1S/C28H21ClN6O4S/c29-24-13-7-8-14-25(24)33-40(38,39)27-17-23(35(36)37)15-16-26(27)31-30-18-21-19-34(22-11-5-2-6-12-22)32-28(21)20-9-3-1-4-10-20/h1-19,31,33H/b30-18+. The summed E-state index contributed by atoms with van der Waals surface area (Å²) in [7, 11) is -4.29. The molecule has 2 N–H and O–H groups in total. The molecule has 0 aliphatic heterocycles. The zero-order chi connectivity index (χ0) is 28.1. The number of para-hydroxylation sites is 2. The highest BCUT2D eigenvalue weighted by Gasteiger charge is 2.23. The van der Waals surface area contributed by atoms with Gasteiger partial charge in [0.05, 0.1) is 33.2 Å². The summed E-state index contributed by atoms with van der Waals surface area (Å²) < 4.78 is 30.7. The molecule has 0 atom stereocenters. The Labute approximate surface area is 234 Å². The Bertz CT molecular complexity index is 1810. The first-order chi connectivity index (χ1) is 19.3. The van der Waals surface area contributed by atoms with Gasteiger partial charge in [0.25, 0.3) is 15.7 Å². The largest absolute Gasteiger partial charge is 0.278 e. The van der Waals surface area contributed by atoms with Gasteiger partial charge in [-0.3, -0.25) is 20.3 Å². The quantitative estimate of drug-likeness (QED) is 0.120. The zero-order valence-corrected chi connectivity index (χ0v) is 22.3. The third-order valence-corrected chi connectivity index (χ3v) is 7.52. The summed E-state index contributed by atoms with van der Waals surface area (Å²) in [5, 5.41) is 20.6. The van der Waals surface area contributed by atoms with E-state index in [2.05, 4.69) is 15.2 Å². The van der Waals surface area contributed by atoms with Crippen LogP contribution in [0.4, 0.5) is 17.1 Å². The molecule has 0 saturated carbocycles. The van der Waals surface area contributed by atoms with Crippen LogP contribution in [0.15, 0.2) is 119 Å². The molecule has 200 valence electrons. The maximum absolute atomic E-state index is 13.3. The molecule has 40 heavy (non-hydrogen) atoms. The van der Waals surface area contributed by atoms with Crippen molar-refractivity contribution < 1.29 is 13.3 Å². The van der Waals surface area contributed by atoms with E-state index in [9.17, 15) is 18.5 Å². The first-order valence-electron chi connectivity index (χ1n) is 11.9. The summed E-state index contributed by atoms with van der Waals surface area (Å²) in [6.45, 7) is 0. The van der Waals surface area contributed by atoms with Crippen molar-refractivity contribution in [2.45, 2.75) is 4.90 Å².